The largest absolute Gasteiger partial charge is 0.487 e. The highest BCUT2D eigenvalue weighted by Gasteiger charge is 2.37. The van der Waals surface area contributed by atoms with Crippen molar-refractivity contribution in [1.29, 1.82) is 0 Å². The van der Waals surface area contributed by atoms with Crippen molar-refractivity contribution >= 4 is 25.8 Å². The topological polar surface area (TPSA) is 55.4 Å². The highest BCUT2D eigenvalue weighted by molar-refractivity contribution is 9.09. The monoisotopic (exact) mass is 477 g/mol. The van der Waals surface area contributed by atoms with Crippen LogP contribution in [0.1, 0.15) is 36.8 Å². The molecule has 0 saturated carbocycles. The minimum absolute atomic E-state index is 0.0156. The lowest BCUT2D eigenvalue weighted by Gasteiger charge is -2.41. The summed E-state index contributed by atoms with van der Waals surface area (Å²) in [5.41, 5.74) is 4.39. The summed E-state index contributed by atoms with van der Waals surface area (Å²) < 4.78 is 30.8. The summed E-state index contributed by atoms with van der Waals surface area (Å²) in [6.45, 7) is 2.07. The number of benzene rings is 2. The Morgan fingerprint density at radius 1 is 1.00 bits per heavy atom. The molecule has 1 fully saturated rings. The van der Waals surface area contributed by atoms with E-state index in [-0.39, 0.29) is 17.1 Å². The van der Waals surface area contributed by atoms with Crippen LogP contribution in [0.2, 0.25) is 0 Å². The van der Waals surface area contributed by atoms with Crippen LogP contribution in [0.25, 0.3) is 11.1 Å². The predicted octanol–water partition coefficient (Wildman–Crippen LogP) is 4.50. The number of hydrogen-bond donors (Lipinski definition) is 1. The van der Waals surface area contributed by atoms with Crippen LogP contribution in [0.3, 0.4) is 0 Å². The first-order valence-corrected chi connectivity index (χ1v) is 13.3. The molecule has 0 unspecified atom stereocenters. The Bertz CT molecular complexity index is 951. The molecule has 2 aliphatic heterocycles. The molecule has 0 aromatic heterocycles. The molecule has 2 aromatic carbocycles. The second-order valence-electron chi connectivity index (χ2n) is 8.19. The maximum atomic E-state index is 12.2. The Kier molecular flexibility index (Phi) is 6.32. The summed E-state index contributed by atoms with van der Waals surface area (Å²) >= 11 is 3.29. The fraction of sp³-hybridized carbons (Fsp3) is 0.478. The van der Waals surface area contributed by atoms with E-state index in [1.165, 1.54) is 5.56 Å². The van der Waals surface area contributed by atoms with Crippen LogP contribution in [0.15, 0.2) is 42.5 Å². The first kappa shape index (κ1) is 20.9. The minimum atomic E-state index is -3.05. The predicted molar refractivity (Wildman–Crippen MR) is 122 cm³/mol. The number of sulfone groups is 1. The molecule has 4 rings (SSSR count). The number of nitrogens with one attached hydrogen (secondary N) is 1. The van der Waals surface area contributed by atoms with Crippen LogP contribution in [-0.2, 0) is 22.0 Å². The van der Waals surface area contributed by atoms with E-state index in [2.05, 4.69) is 39.4 Å². The number of aryl methyl sites for hydroxylation is 1. The first-order valence-electron chi connectivity index (χ1n) is 10.4. The third kappa shape index (κ3) is 5.04. The van der Waals surface area contributed by atoms with Gasteiger partial charge < -0.3 is 10.1 Å². The number of piperidine rings is 1. The zero-order valence-electron chi connectivity index (χ0n) is 16.6. The van der Waals surface area contributed by atoms with E-state index in [9.17, 15) is 8.42 Å². The second kappa shape index (κ2) is 8.78. The van der Waals surface area contributed by atoms with Crippen molar-refractivity contribution in [2.75, 3.05) is 24.2 Å². The average molecular weight is 478 g/mol. The summed E-state index contributed by atoms with van der Waals surface area (Å²) in [5.74, 6) is 1.36. The Labute approximate surface area is 182 Å². The molecule has 2 heterocycles. The van der Waals surface area contributed by atoms with E-state index in [0.29, 0.717) is 11.8 Å². The molecule has 1 saturated heterocycles. The third-order valence-corrected chi connectivity index (χ3v) is 8.26. The van der Waals surface area contributed by atoms with Gasteiger partial charge in [-0.3, -0.25) is 0 Å². The van der Waals surface area contributed by atoms with Crippen molar-refractivity contribution in [3.05, 3.63) is 53.6 Å². The maximum absolute atomic E-state index is 12.2. The number of hydrogen-bond acceptors (Lipinski definition) is 4. The van der Waals surface area contributed by atoms with Gasteiger partial charge >= 0.3 is 0 Å². The van der Waals surface area contributed by atoms with Gasteiger partial charge in [0.25, 0.3) is 0 Å². The van der Waals surface area contributed by atoms with Gasteiger partial charge in [0.15, 0.2) is 9.84 Å². The van der Waals surface area contributed by atoms with Crippen molar-refractivity contribution in [2.45, 2.75) is 43.5 Å². The maximum Gasteiger partial charge on any atom is 0.154 e. The molecule has 1 spiro atoms. The smallest absolute Gasteiger partial charge is 0.154 e. The van der Waals surface area contributed by atoms with Gasteiger partial charge in [-0.1, -0.05) is 46.3 Å². The fourth-order valence-electron chi connectivity index (χ4n) is 4.33. The SMILES string of the molecule is O=S(=O)(CCCBr)Cc1ccc(-c2ccc3c(c2)CCC2(CCNCC2)O3)cc1. The molecule has 4 nitrogen and oxygen atoms in total. The van der Waals surface area contributed by atoms with Crippen LogP contribution >= 0.6 is 15.9 Å². The number of alkyl halides is 1. The first-order chi connectivity index (χ1) is 14.0. The molecule has 0 radical (unpaired) electrons. The lowest BCUT2D eigenvalue weighted by atomic mass is 9.83. The van der Waals surface area contributed by atoms with E-state index in [4.69, 9.17) is 4.74 Å². The number of fused-ring (bicyclic) bond motifs is 1. The van der Waals surface area contributed by atoms with Crippen LogP contribution in [0.4, 0.5) is 0 Å². The van der Waals surface area contributed by atoms with Crippen LogP contribution in [0, 0.1) is 0 Å². The summed E-state index contributed by atoms with van der Waals surface area (Å²) in [6.07, 6.45) is 4.93. The second-order valence-corrected chi connectivity index (χ2v) is 11.2. The van der Waals surface area contributed by atoms with E-state index >= 15 is 0 Å². The Morgan fingerprint density at radius 3 is 2.45 bits per heavy atom. The van der Waals surface area contributed by atoms with Crippen molar-refractivity contribution in [3.63, 3.8) is 0 Å². The number of ether oxygens (including phenoxy) is 1. The summed E-state index contributed by atoms with van der Waals surface area (Å²) in [4.78, 5) is 0. The van der Waals surface area contributed by atoms with Gasteiger partial charge in [0.05, 0.1) is 11.5 Å². The zero-order valence-corrected chi connectivity index (χ0v) is 19.0. The van der Waals surface area contributed by atoms with Gasteiger partial charge in [-0.15, -0.1) is 0 Å². The fourth-order valence-corrected chi connectivity index (χ4v) is 6.41. The van der Waals surface area contributed by atoms with Crippen molar-refractivity contribution in [2.24, 2.45) is 0 Å². The number of halogens is 1. The molecule has 1 N–H and O–H groups in total. The quantitative estimate of drug-likeness (QED) is 0.622. The van der Waals surface area contributed by atoms with Gasteiger partial charge in [0.1, 0.15) is 11.4 Å². The Hall–Kier alpha value is -1.37. The molecule has 0 bridgehead atoms. The minimum Gasteiger partial charge on any atom is -0.487 e. The average Bonchev–Trinajstić information content (AvgIpc) is 2.73. The van der Waals surface area contributed by atoms with E-state index in [0.717, 1.165) is 61.2 Å². The van der Waals surface area contributed by atoms with Crippen molar-refractivity contribution in [3.8, 4) is 16.9 Å². The van der Waals surface area contributed by atoms with Crippen molar-refractivity contribution < 1.29 is 13.2 Å². The lowest BCUT2D eigenvalue weighted by molar-refractivity contribution is 0.0170. The summed E-state index contributed by atoms with van der Waals surface area (Å²) in [6, 6.07) is 14.4. The Morgan fingerprint density at radius 2 is 1.72 bits per heavy atom. The van der Waals surface area contributed by atoms with Crippen molar-refractivity contribution in [1.82, 2.24) is 5.32 Å². The molecule has 0 amide bonds. The molecule has 156 valence electrons. The van der Waals surface area contributed by atoms with Crippen LogP contribution in [0.5, 0.6) is 5.75 Å². The molecule has 2 aromatic rings. The molecule has 6 heteroatoms. The summed E-state index contributed by atoms with van der Waals surface area (Å²) in [7, 11) is -3.05. The summed E-state index contributed by atoms with van der Waals surface area (Å²) in [5, 5.41) is 4.13. The highest BCUT2D eigenvalue weighted by Crippen LogP contribution is 2.39. The van der Waals surface area contributed by atoms with E-state index < -0.39 is 9.84 Å². The number of rotatable bonds is 6. The molecule has 0 atom stereocenters. The normalized spacial score (nSPS) is 18.2. The molecule has 29 heavy (non-hydrogen) atoms. The van der Waals surface area contributed by atoms with Gasteiger partial charge in [-0.25, -0.2) is 8.42 Å². The van der Waals surface area contributed by atoms with Crippen LogP contribution in [-0.4, -0.2) is 38.2 Å². The standard InChI is InChI=1S/C23H28BrNO3S/c24-12-1-15-29(26,27)17-18-2-4-19(5-3-18)20-6-7-22-21(16-20)8-9-23(28-22)10-13-25-14-11-23/h2-7,16,25H,1,8-15,17H2. The molecular weight excluding hydrogens is 450 g/mol. The third-order valence-electron chi connectivity index (χ3n) is 6.01. The Balaban J connectivity index is 1.47. The van der Waals surface area contributed by atoms with E-state index in [1.54, 1.807) is 0 Å². The molecule has 2 aliphatic rings. The van der Waals surface area contributed by atoms with E-state index in [1.807, 2.05) is 24.3 Å². The molecular formula is C23H28BrNO3S. The zero-order chi connectivity index (χ0) is 20.3. The molecule has 0 aliphatic carbocycles. The van der Waals surface area contributed by atoms with Gasteiger partial charge in [0.2, 0.25) is 0 Å². The lowest BCUT2D eigenvalue weighted by Crippen LogP contribution is -2.48. The van der Waals surface area contributed by atoms with Gasteiger partial charge in [-0.2, -0.15) is 0 Å². The van der Waals surface area contributed by atoms with Gasteiger partial charge in [-0.05, 0) is 79.6 Å². The van der Waals surface area contributed by atoms with Crippen LogP contribution < -0.4 is 10.1 Å². The van der Waals surface area contributed by atoms with Gasteiger partial charge in [0, 0.05) is 5.33 Å². The highest BCUT2D eigenvalue weighted by atomic mass is 79.9.